The Morgan fingerprint density at radius 2 is 1.97 bits per heavy atom. The summed E-state index contributed by atoms with van der Waals surface area (Å²) in [5.74, 6) is -0.838. The molecule has 0 saturated heterocycles. The van der Waals surface area contributed by atoms with Crippen LogP contribution in [-0.2, 0) is 21.4 Å². The van der Waals surface area contributed by atoms with Gasteiger partial charge in [0.2, 0.25) is 15.9 Å². The summed E-state index contributed by atoms with van der Waals surface area (Å²) in [6, 6.07) is 10.8. The molecule has 0 unspecified atom stereocenters. The molecule has 0 aliphatic rings. The zero-order valence-corrected chi connectivity index (χ0v) is 18.7. The number of likely N-dealkylation sites (N-methyl/N-ethyl adjacent to an activating group) is 1. The Kier molecular flexibility index (Phi) is 7.16. The molecule has 3 rings (SSSR count). The van der Waals surface area contributed by atoms with Gasteiger partial charge in [0.05, 0.1) is 10.4 Å². The molecule has 11 heteroatoms. The molecule has 1 aromatic heterocycles. The van der Waals surface area contributed by atoms with Gasteiger partial charge in [0.1, 0.15) is 0 Å². The molecule has 0 radical (unpaired) electrons. The van der Waals surface area contributed by atoms with E-state index in [0.29, 0.717) is 34.9 Å². The maximum atomic E-state index is 12.3. The number of rotatable bonds is 9. The normalized spacial score (nSPS) is 11.9. The molecule has 9 nitrogen and oxygen atoms in total. The van der Waals surface area contributed by atoms with Crippen LogP contribution in [0, 0.1) is 0 Å². The van der Waals surface area contributed by atoms with E-state index in [1.54, 1.807) is 24.3 Å². The molecule has 0 saturated carbocycles. The van der Waals surface area contributed by atoms with E-state index >= 15 is 0 Å². The van der Waals surface area contributed by atoms with Gasteiger partial charge in [0.25, 0.3) is 0 Å². The second-order valence-corrected chi connectivity index (χ2v) is 9.36. The van der Waals surface area contributed by atoms with E-state index in [1.165, 1.54) is 22.8 Å². The van der Waals surface area contributed by atoms with Crippen molar-refractivity contribution in [2.75, 3.05) is 32.5 Å². The van der Waals surface area contributed by atoms with Gasteiger partial charge in [-0.3, -0.25) is 9.36 Å². The fourth-order valence-electron chi connectivity index (χ4n) is 2.89. The number of hydrogen-bond acceptors (Lipinski definition) is 6. The van der Waals surface area contributed by atoms with Gasteiger partial charge >= 0.3 is 5.76 Å². The molecule has 0 bridgehead atoms. The minimum atomic E-state index is -3.77. The molecule has 0 spiro atoms. The van der Waals surface area contributed by atoms with E-state index in [1.807, 2.05) is 19.0 Å². The lowest BCUT2D eigenvalue weighted by atomic mass is 10.2. The second kappa shape index (κ2) is 9.65. The zero-order chi connectivity index (χ0) is 22.6. The predicted octanol–water partition coefficient (Wildman–Crippen LogP) is 2.12. The van der Waals surface area contributed by atoms with E-state index in [9.17, 15) is 18.0 Å². The summed E-state index contributed by atoms with van der Waals surface area (Å²) >= 11 is 5.83. The molecule has 3 aromatic rings. The van der Waals surface area contributed by atoms with Gasteiger partial charge in [-0.15, -0.1) is 0 Å². The van der Waals surface area contributed by atoms with Gasteiger partial charge < -0.3 is 14.6 Å². The van der Waals surface area contributed by atoms with E-state index in [4.69, 9.17) is 16.0 Å². The number of amides is 1. The van der Waals surface area contributed by atoms with Crippen LogP contribution in [0.2, 0.25) is 5.02 Å². The molecule has 1 amide bonds. The lowest BCUT2D eigenvalue weighted by Gasteiger charge is -2.10. The molecular formula is C20H23ClN4O5S. The predicted molar refractivity (Wildman–Crippen MR) is 119 cm³/mol. The van der Waals surface area contributed by atoms with Crippen molar-refractivity contribution in [1.82, 2.24) is 14.2 Å². The first-order valence-corrected chi connectivity index (χ1v) is 11.3. The van der Waals surface area contributed by atoms with Crippen LogP contribution < -0.4 is 15.8 Å². The SMILES string of the molecule is CN(C)CCn1c(=O)oc2ccc(NC(=O)CCNS(=O)(=O)c3cccc(Cl)c3)cc21. The van der Waals surface area contributed by atoms with Gasteiger partial charge in [-0.25, -0.2) is 17.9 Å². The zero-order valence-electron chi connectivity index (χ0n) is 17.1. The number of nitrogens with zero attached hydrogens (tertiary/aromatic N) is 2. The van der Waals surface area contributed by atoms with Crippen molar-refractivity contribution >= 4 is 44.3 Å². The van der Waals surface area contributed by atoms with Crippen molar-refractivity contribution in [3.8, 4) is 0 Å². The highest BCUT2D eigenvalue weighted by Gasteiger charge is 2.15. The maximum absolute atomic E-state index is 12.3. The van der Waals surface area contributed by atoms with Crippen LogP contribution >= 0.6 is 11.6 Å². The molecule has 2 aromatic carbocycles. The number of sulfonamides is 1. The summed E-state index contributed by atoms with van der Waals surface area (Å²) in [5, 5.41) is 3.01. The standard InChI is InChI=1S/C20H23ClN4O5S/c1-24(2)10-11-25-17-13-15(6-7-18(17)30-20(25)27)23-19(26)8-9-22-31(28,29)16-5-3-4-14(21)12-16/h3-7,12-13,22H,8-11H2,1-2H3,(H,23,26). The minimum absolute atomic E-state index is 0.0292. The van der Waals surface area contributed by atoms with Crippen LogP contribution in [0.1, 0.15) is 6.42 Å². The third kappa shape index (κ3) is 5.95. The molecule has 2 N–H and O–H groups in total. The quantitative estimate of drug-likeness (QED) is 0.499. The molecule has 1 heterocycles. The second-order valence-electron chi connectivity index (χ2n) is 7.16. The lowest BCUT2D eigenvalue weighted by Crippen LogP contribution is -2.27. The highest BCUT2D eigenvalue weighted by atomic mass is 35.5. The summed E-state index contributed by atoms with van der Waals surface area (Å²) < 4.78 is 33.7. The number of benzene rings is 2. The van der Waals surface area contributed by atoms with Gasteiger partial charge in [0, 0.05) is 36.8 Å². The van der Waals surface area contributed by atoms with Crippen LogP contribution in [0.3, 0.4) is 0 Å². The third-order valence-corrected chi connectivity index (χ3v) is 6.17. The van der Waals surface area contributed by atoms with Crippen LogP contribution in [0.5, 0.6) is 0 Å². The molecule has 166 valence electrons. The lowest BCUT2D eigenvalue weighted by molar-refractivity contribution is -0.116. The van der Waals surface area contributed by atoms with Gasteiger partial charge in [-0.2, -0.15) is 0 Å². The first-order valence-electron chi connectivity index (χ1n) is 9.49. The molecular weight excluding hydrogens is 444 g/mol. The topological polar surface area (TPSA) is 114 Å². The fourth-order valence-corrected chi connectivity index (χ4v) is 4.22. The Bertz CT molecular complexity index is 1250. The third-order valence-electron chi connectivity index (χ3n) is 4.47. The van der Waals surface area contributed by atoms with Crippen LogP contribution in [-0.4, -0.2) is 51.0 Å². The van der Waals surface area contributed by atoms with Crippen molar-refractivity contribution in [2.24, 2.45) is 0 Å². The average molecular weight is 467 g/mol. The van der Waals surface area contributed by atoms with Crippen LogP contribution in [0.15, 0.2) is 56.6 Å². The van der Waals surface area contributed by atoms with Gasteiger partial charge in [0.15, 0.2) is 5.58 Å². The number of halogens is 1. The van der Waals surface area contributed by atoms with Crippen molar-refractivity contribution in [3.63, 3.8) is 0 Å². The summed E-state index contributed by atoms with van der Waals surface area (Å²) in [7, 11) is 0.0395. The molecule has 0 atom stereocenters. The van der Waals surface area contributed by atoms with Gasteiger partial charge in [-0.05, 0) is 50.5 Å². The van der Waals surface area contributed by atoms with Crippen LogP contribution in [0.25, 0.3) is 11.1 Å². The summed E-state index contributed by atoms with van der Waals surface area (Å²) in [4.78, 5) is 26.3. The minimum Gasteiger partial charge on any atom is -0.408 e. The highest BCUT2D eigenvalue weighted by molar-refractivity contribution is 7.89. The van der Waals surface area contributed by atoms with E-state index in [2.05, 4.69) is 10.0 Å². The molecule has 0 fully saturated rings. The largest absolute Gasteiger partial charge is 0.419 e. The van der Waals surface area contributed by atoms with Gasteiger partial charge in [-0.1, -0.05) is 17.7 Å². The first-order chi connectivity index (χ1) is 14.7. The number of nitrogens with one attached hydrogen (secondary N) is 2. The van der Waals surface area contributed by atoms with Crippen molar-refractivity contribution in [3.05, 3.63) is 58.0 Å². The van der Waals surface area contributed by atoms with Crippen molar-refractivity contribution in [2.45, 2.75) is 17.9 Å². The smallest absolute Gasteiger partial charge is 0.408 e. The van der Waals surface area contributed by atoms with E-state index in [-0.39, 0.29) is 23.8 Å². The maximum Gasteiger partial charge on any atom is 0.419 e. The monoisotopic (exact) mass is 466 g/mol. The Balaban J connectivity index is 1.62. The first kappa shape index (κ1) is 23.0. The van der Waals surface area contributed by atoms with Crippen molar-refractivity contribution < 1.29 is 17.6 Å². The van der Waals surface area contributed by atoms with E-state index < -0.39 is 15.8 Å². The number of aromatic nitrogens is 1. The number of oxazole rings is 1. The highest BCUT2D eigenvalue weighted by Crippen LogP contribution is 2.19. The number of fused-ring (bicyclic) bond motifs is 1. The number of carbonyl (C=O) groups excluding carboxylic acids is 1. The Hall–Kier alpha value is -2.66. The summed E-state index contributed by atoms with van der Waals surface area (Å²) in [6.07, 6.45) is -0.0728. The molecule has 31 heavy (non-hydrogen) atoms. The van der Waals surface area contributed by atoms with Crippen molar-refractivity contribution in [1.29, 1.82) is 0 Å². The Morgan fingerprint density at radius 1 is 1.19 bits per heavy atom. The van der Waals surface area contributed by atoms with E-state index in [0.717, 1.165) is 0 Å². The Labute approximate surface area is 184 Å². The fraction of sp³-hybridized carbons (Fsp3) is 0.300. The molecule has 0 aliphatic carbocycles. The summed E-state index contributed by atoms with van der Waals surface area (Å²) in [5.41, 5.74) is 1.48. The molecule has 0 aliphatic heterocycles. The summed E-state index contributed by atoms with van der Waals surface area (Å²) in [6.45, 7) is 1.02. The Morgan fingerprint density at radius 3 is 2.68 bits per heavy atom. The number of hydrogen-bond donors (Lipinski definition) is 2. The number of anilines is 1. The van der Waals surface area contributed by atoms with Crippen LogP contribution in [0.4, 0.5) is 5.69 Å². The average Bonchev–Trinajstić information content (AvgIpc) is 3.00. The number of carbonyl (C=O) groups is 1.